The fourth-order valence-corrected chi connectivity index (χ4v) is 3.94. The maximum Gasteiger partial charge on any atom is 0.268 e. The minimum atomic E-state index is -0.959. The molecule has 1 unspecified atom stereocenters. The number of amides is 1. The van der Waals surface area contributed by atoms with Gasteiger partial charge in [-0.1, -0.05) is 30.3 Å². The van der Waals surface area contributed by atoms with Crippen LogP contribution in [0, 0.1) is 20.8 Å². The molecule has 0 radical (unpaired) electrons. The highest BCUT2D eigenvalue weighted by atomic mass is 16.5. The molecular weight excluding hydrogens is 350 g/mol. The summed E-state index contributed by atoms with van der Waals surface area (Å²) in [6, 6.07) is 14.0. The molecule has 3 aromatic carbocycles. The van der Waals surface area contributed by atoms with Crippen LogP contribution in [-0.2, 0) is 11.2 Å². The summed E-state index contributed by atoms with van der Waals surface area (Å²) in [7, 11) is 0. The molecular formula is C24H25NO3. The highest BCUT2D eigenvalue weighted by molar-refractivity contribution is 5.99. The first-order chi connectivity index (χ1) is 13.3. The van der Waals surface area contributed by atoms with Crippen LogP contribution in [-0.4, -0.2) is 16.6 Å². The number of fused-ring (bicyclic) bond motifs is 2. The van der Waals surface area contributed by atoms with E-state index in [1.165, 1.54) is 0 Å². The number of phenolic OH excluding ortho intramolecular Hbond substituents is 1. The Kier molecular flexibility index (Phi) is 4.30. The molecule has 1 atom stereocenters. The number of phenols is 1. The zero-order chi connectivity index (χ0) is 20.1. The lowest BCUT2D eigenvalue weighted by atomic mass is 9.86. The summed E-state index contributed by atoms with van der Waals surface area (Å²) in [5, 5.41) is 15.6. The quantitative estimate of drug-likeness (QED) is 0.648. The Bertz CT molecular complexity index is 1100. The molecule has 4 heteroatoms. The van der Waals surface area contributed by atoms with Crippen molar-refractivity contribution in [2.75, 3.05) is 5.32 Å². The molecule has 0 bridgehead atoms. The fourth-order valence-electron chi connectivity index (χ4n) is 3.94. The van der Waals surface area contributed by atoms with Gasteiger partial charge in [-0.2, -0.15) is 0 Å². The van der Waals surface area contributed by atoms with Gasteiger partial charge in [0.05, 0.1) is 0 Å². The second kappa shape index (κ2) is 6.55. The van der Waals surface area contributed by atoms with E-state index in [1.807, 2.05) is 70.2 Å². The number of nitrogens with one attached hydrogen (secondary N) is 1. The van der Waals surface area contributed by atoms with Gasteiger partial charge in [0.25, 0.3) is 5.91 Å². The van der Waals surface area contributed by atoms with Crippen LogP contribution in [0.2, 0.25) is 0 Å². The highest BCUT2D eigenvalue weighted by Crippen LogP contribution is 2.43. The lowest BCUT2D eigenvalue weighted by Gasteiger charge is -2.36. The van der Waals surface area contributed by atoms with E-state index in [0.717, 1.165) is 44.5 Å². The first kappa shape index (κ1) is 18.4. The first-order valence-electron chi connectivity index (χ1n) is 9.61. The van der Waals surface area contributed by atoms with Crippen molar-refractivity contribution in [1.82, 2.24) is 0 Å². The SMILES string of the molecule is Cc1c(C)c2c(c(C)c1O)CCC(C)(C(=O)Nc1ccc3ccccc3c1)O2. The number of aromatic hydroxyl groups is 1. The lowest BCUT2D eigenvalue weighted by Crippen LogP contribution is -2.48. The molecule has 0 spiro atoms. The molecule has 4 nitrogen and oxygen atoms in total. The van der Waals surface area contributed by atoms with Gasteiger partial charge in [0.15, 0.2) is 5.60 Å². The Labute approximate surface area is 165 Å². The van der Waals surface area contributed by atoms with Crippen molar-refractivity contribution in [1.29, 1.82) is 0 Å². The summed E-state index contributed by atoms with van der Waals surface area (Å²) in [5.41, 5.74) is 3.33. The predicted octanol–water partition coefficient (Wildman–Crippen LogP) is 5.19. The molecule has 144 valence electrons. The third kappa shape index (κ3) is 2.89. The second-order valence-corrected chi connectivity index (χ2v) is 7.88. The topological polar surface area (TPSA) is 58.6 Å². The van der Waals surface area contributed by atoms with Crippen LogP contribution in [0.3, 0.4) is 0 Å². The summed E-state index contributed by atoms with van der Waals surface area (Å²) in [6.45, 7) is 7.55. The zero-order valence-corrected chi connectivity index (χ0v) is 16.7. The van der Waals surface area contributed by atoms with Crippen LogP contribution in [0.15, 0.2) is 42.5 Å². The van der Waals surface area contributed by atoms with E-state index in [0.29, 0.717) is 18.6 Å². The van der Waals surface area contributed by atoms with Crippen molar-refractivity contribution in [3.63, 3.8) is 0 Å². The number of rotatable bonds is 2. The number of anilines is 1. The monoisotopic (exact) mass is 375 g/mol. The van der Waals surface area contributed by atoms with Gasteiger partial charge >= 0.3 is 0 Å². The van der Waals surface area contributed by atoms with Crippen LogP contribution in [0.5, 0.6) is 11.5 Å². The summed E-state index contributed by atoms with van der Waals surface area (Å²) in [6.07, 6.45) is 1.25. The summed E-state index contributed by atoms with van der Waals surface area (Å²) < 4.78 is 6.27. The Balaban J connectivity index is 1.63. The van der Waals surface area contributed by atoms with Crippen molar-refractivity contribution in [2.45, 2.75) is 46.1 Å². The number of carbonyl (C=O) groups is 1. The van der Waals surface area contributed by atoms with E-state index < -0.39 is 5.60 Å². The van der Waals surface area contributed by atoms with Crippen molar-refractivity contribution < 1.29 is 14.6 Å². The van der Waals surface area contributed by atoms with Crippen molar-refractivity contribution in [2.24, 2.45) is 0 Å². The van der Waals surface area contributed by atoms with Gasteiger partial charge in [-0.25, -0.2) is 0 Å². The Morgan fingerprint density at radius 3 is 2.50 bits per heavy atom. The zero-order valence-electron chi connectivity index (χ0n) is 16.7. The molecule has 1 aliphatic heterocycles. The number of carbonyl (C=O) groups excluding carboxylic acids is 1. The predicted molar refractivity (Wildman–Crippen MR) is 112 cm³/mol. The first-order valence-corrected chi connectivity index (χ1v) is 9.61. The van der Waals surface area contributed by atoms with Crippen LogP contribution >= 0.6 is 0 Å². The van der Waals surface area contributed by atoms with Crippen LogP contribution in [0.1, 0.15) is 35.6 Å². The van der Waals surface area contributed by atoms with Crippen LogP contribution < -0.4 is 10.1 Å². The third-order valence-electron chi connectivity index (χ3n) is 6.01. The average Bonchev–Trinajstić information content (AvgIpc) is 2.70. The molecule has 0 aliphatic carbocycles. The Morgan fingerprint density at radius 1 is 1.04 bits per heavy atom. The largest absolute Gasteiger partial charge is 0.507 e. The van der Waals surface area contributed by atoms with Gasteiger partial charge in [0.1, 0.15) is 11.5 Å². The van der Waals surface area contributed by atoms with E-state index in [2.05, 4.69) is 5.32 Å². The smallest absolute Gasteiger partial charge is 0.268 e. The van der Waals surface area contributed by atoms with Gasteiger partial charge in [-0.05, 0) is 73.7 Å². The van der Waals surface area contributed by atoms with E-state index >= 15 is 0 Å². The molecule has 1 amide bonds. The Morgan fingerprint density at radius 2 is 1.75 bits per heavy atom. The molecule has 0 saturated carbocycles. The van der Waals surface area contributed by atoms with Crippen LogP contribution in [0.25, 0.3) is 10.8 Å². The van der Waals surface area contributed by atoms with E-state index in [4.69, 9.17) is 4.74 Å². The standard InChI is InChI=1S/C24H25NO3/c1-14-15(2)22-20(16(3)21(14)26)11-12-24(4,28-22)23(27)25-19-10-9-17-7-5-6-8-18(17)13-19/h5-10,13,26H,11-12H2,1-4H3,(H,25,27). The minimum absolute atomic E-state index is 0.156. The molecule has 2 N–H and O–H groups in total. The Hall–Kier alpha value is -3.01. The number of ether oxygens (including phenoxy) is 1. The summed E-state index contributed by atoms with van der Waals surface area (Å²) in [5.74, 6) is 0.899. The van der Waals surface area contributed by atoms with Crippen molar-refractivity contribution in [3.05, 3.63) is 64.7 Å². The second-order valence-electron chi connectivity index (χ2n) is 7.88. The maximum absolute atomic E-state index is 13.1. The molecule has 0 saturated heterocycles. The molecule has 1 aliphatic rings. The van der Waals surface area contributed by atoms with Crippen molar-refractivity contribution >= 4 is 22.4 Å². The summed E-state index contributed by atoms with van der Waals surface area (Å²) in [4.78, 5) is 13.1. The number of hydrogen-bond acceptors (Lipinski definition) is 3. The third-order valence-corrected chi connectivity index (χ3v) is 6.01. The molecule has 0 aromatic heterocycles. The number of hydrogen-bond donors (Lipinski definition) is 2. The van der Waals surface area contributed by atoms with E-state index in [1.54, 1.807) is 0 Å². The van der Waals surface area contributed by atoms with Crippen molar-refractivity contribution in [3.8, 4) is 11.5 Å². The molecule has 1 heterocycles. The highest BCUT2D eigenvalue weighted by Gasteiger charge is 2.40. The molecule has 0 fully saturated rings. The van der Waals surface area contributed by atoms with E-state index in [-0.39, 0.29) is 5.91 Å². The van der Waals surface area contributed by atoms with Gasteiger partial charge in [-0.3, -0.25) is 4.79 Å². The van der Waals surface area contributed by atoms with Gasteiger partial charge in [0.2, 0.25) is 0 Å². The van der Waals surface area contributed by atoms with E-state index in [9.17, 15) is 9.90 Å². The molecule has 3 aromatic rings. The summed E-state index contributed by atoms with van der Waals surface area (Å²) >= 11 is 0. The molecule has 4 rings (SSSR count). The van der Waals surface area contributed by atoms with Gasteiger partial charge < -0.3 is 15.2 Å². The maximum atomic E-state index is 13.1. The van der Waals surface area contributed by atoms with Gasteiger partial charge in [0, 0.05) is 17.7 Å². The van der Waals surface area contributed by atoms with Gasteiger partial charge in [-0.15, -0.1) is 0 Å². The fraction of sp³-hybridized carbons (Fsp3) is 0.292. The minimum Gasteiger partial charge on any atom is -0.507 e. The molecule has 28 heavy (non-hydrogen) atoms. The normalized spacial score (nSPS) is 18.4. The van der Waals surface area contributed by atoms with Crippen LogP contribution in [0.4, 0.5) is 5.69 Å². The lowest BCUT2D eigenvalue weighted by molar-refractivity contribution is -0.131. The average molecular weight is 375 g/mol. The number of benzene rings is 3.